The summed E-state index contributed by atoms with van der Waals surface area (Å²) >= 11 is 12.5. The molecule has 3 heterocycles. The highest BCUT2D eigenvalue weighted by Crippen LogP contribution is 2.38. The molecule has 0 saturated carbocycles. The molecule has 0 aliphatic heterocycles. The summed E-state index contributed by atoms with van der Waals surface area (Å²) in [5.74, 6) is 0. The van der Waals surface area contributed by atoms with E-state index in [4.69, 9.17) is 28.9 Å². The van der Waals surface area contributed by atoms with Gasteiger partial charge >= 0.3 is 0 Å². The van der Waals surface area contributed by atoms with Crippen LogP contribution in [0.15, 0.2) is 85.3 Å². The number of nitrogens with two attached hydrogens (primary N) is 1. The minimum absolute atomic E-state index is 0.642. The van der Waals surface area contributed by atoms with Gasteiger partial charge in [-0.3, -0.25) is 0 Å². The molecule has 3 aromatic heterocycles. The summed E-state index contributed by atoms with van der Waals surface area (Å²) in [4.78, 5) is 4.34. The number of tetrazole rings is 1. The van der Waals surface area contributed by atoms with Crippen molar-refractivity contribution in [1.82, 2.24) is 29.6 Å². The van der Waals surface area contributed by atoms with Crippen LogP contribution < -0.4 is 5.73 Å². The Morgan fingerprint density at radius 1 is 0.886 bits per heavy atom. The van der Waals surface area contributed by atoms with Crippen LogP contribution in [0, 0.1) is 0 Å². The van der Waals surface area contributed by atoms with Gasteiger partial charge in [-0.1, -0.05) is 53.5 Å². The van der Waals surface area contributed by atoms with E-state index in [1.807, 2.05) is 78.3 Å². The molecular weight excluding hydrogens is 481 g/mol. The van der Waals surface area contributed by atoms with Crippen molar-refractivity contribution in [2.75, 3.05) is 0 Å². The first-order valence-corrected chi connectivity index (χ1v) is 11.6. The van der Waals surface area contributed by atoms with E-state index in [0.29, 0.717) is 15.7 Å². The number of aryl methyl sites for hydroxylation is 1. The maximum absolute atomic E-state index is 7.28. The molecule has 0 radical (unpaired) electrons. The Bertz CT molecular complexity index is 1700. The zero-order chi connectivity index (χ0) is 24.2. The maximum Gasteiger partial charge on any atom is 0.180 e. The van der Waals surface area contributed by atoms with Crippen LogP contribution in [0.4, 0.5) is 0 Å². The molecule has 0 aliphatic rings. The van der Waals surface area contributed by atoms with Gasteiger partial charge in [-0.15, -0.1) is 5.10 Å². The third-order valence-electron chi connectivity index (χ3n) is 6.39. The Labute approximate surface area is 210 Å². The van der Waals surface area contributed by atoms with E-state index >= 15 is 0 Å². The molecule has 2 N–H and O–H groups in total. The third kappa shape index (κ3) is 3.47. The van der Waals surface area contributed by atoms with Crippen molar-refractivity contribution >= 4 is 39.8 Å². The average Bonchev–Trinajstić information content (AvgIpc) is 3.52. The minimum Gasteiger partial charge on any atom is -0.336 e. The molecule has 0 spiro atoms. The van der Waals surface area contributed by atoms with Crippen molar-refractivity contribution in [2.24, 2.45) is 12.8 Å². The van der Waals surface area contributed by atoms with E-state index in [-0.39, 0.29) is 0 Å². The zero-order valence-corrected chi connectivity index (χ0v) is 20.1. The molecule has 0 bridgehead atoms. The zero-order valence-electron chi connectivity index (χ0n) is 18.6. The van der Waals surface area contributed by atoms with Gasteiger partial charge in [0.25, 0.3) is 0 Å². The molecule has 6 rings (SSSR count). The highest BCUT2D eigenvalue weighted by molar-refractivity contribution is 6.31. The lowest BCUT2D eigenvalue weighted by atomic mass is 9.80. The van der Waals surface area contributed by atoms with E-state index in [1.54, 1.807) is 17.0 Å². The molecule has 7 nitrogen and oxygen atoms in total. The second-order valence-corrected chi connectivity index (χ2v) is 9.33. The van der Waals surface area contributed by atoms with Gasteiger partial charge in [-0.2, -0.15) is 4.52 Å². The number of imidazole rings is 1. The van der Waals surface area contributed by atoms with Crippen molar-refractivity contribution in [3.05, 3.63) is 112 Å². The molecule has 35 heavy (non-hydrogen) atoms. The fraction of sp³-hybridized carbons (Fsp3) is 0.0769. The molecule has 9 heteroatoms. The van der Waals surface area contributed by atoms with Crippen molar-refractivity contribution < 1.29 is 0 Å². The van der Waals surface area contributed by atoms with Gasteiger partial charge in [0.05, 0.1) is 23.7 Å². The third-order valence-corrected chi connectivity index (χ3v) is 6.88. The van der Waals surface area contributed by atoms with Gasteiger partial charge in [-0.05, 0) is 75.1 Å². The van der Waals surface area contributed by atoms with E-state index in [9.17, 15) is 0 Å². The first-order valence-electron chi connectivity index (χ1n) is 10.9. The number of fused-ring (bicyclic) bond motifs is 3. The van der Waals surface area contributed by atoms with E-state index < -0.39 is 5.54 Å². The van der Waals surface area contributed by atoms with Crippen molar-refractivity contribution in [3.8, 4) is 11.1 Å². The quantitative estimate of drug-likeness (QED) is 0.358. The van der Waals surface area contributed by atoms with Crippen LogP contribution in [0.2, 0.25) is 10.0 Å². The summed E-state index contributed by atoms with van der Waals surface area (Å²) in [6.45, 7) is 0. The summed E-state index contributed by atoms with van der Waals surface area (Å²) in [6, 6.07) is 23.4. The SMILES string of the molecule is Cn1cncc1C(N)(c1ccc(Cl)cc1)c1ccc2c(c1)c(-c1cccc(Cl)c1)cc1nnnn12. The van der Waals surface area contributed by atoms with E-state index in [1.165, 1.54) is 0 Å². The van der Waals surface area contributed by atoms with Crippen LogP contribution >= 0.6 is 23.2 Å². The second kappa shape index (κ2) is 8.16. The number of halogens is 2. The first-order chi connectivity index (χ1) is 16.9. The lowest BCUT2D eigenvalue weighted by Gasteiger charge is -2.31. The number of aromatic nitrogens is 6. The predicted octanol–water partition coefficient (Wildman–Crippen LogP) is 5.24. The number of hydrogen-bond acceptors (Lipinski definition) is 5. The van der Waals surface area contributed by atoms with Gasteiger partial charge < -0.3 is 10.3 Å². The van der Waals surface area contributed by atoms with Crippen LogP contribution in [0.5, 0.6) is 0 Å². The highest BCUT2D eigenvalue weighted by Gasteiger charge is 2.35. The molecule has 6 aromatic rings. The maximum atomic E-state index is 7.28. The minimum atomic E-state index is -0.995. The molecule has 0 aliphatic carbocycles. The second-order valence-electron chi connectivity index (χ2n) is 8.45. The monoisotopic (exact) mass is 499 g/mol. The fourth-order valence-electron chi connectivity index (χ4n) is 4.65. The lowest BCUT2D eigenvalue weighted by Crippen LogP contribution is -2.40. The van der Waals surface area contributed by atoms with E-state index in [0.717, 1.165) is 38.9 Å². The van der Waals surface area contributed by atoms with Gasteiger partial charge in [-0.25, -0.2) is 4.98 Å². The Morgan fingerprint density at radius 3 is 2.43 bits per heavy atom. The Balaban J connectivity index is 1.68. The van der Waals surface area contributed by atoms with Crippen molar-refractivity contribution in [2.45, 2.75) is 5.54 Å². The lowest BCUT2D eigenvalue weighted by molar-refractivity contribution is 0.596. The van der Waals surface area contributed by atoms with Crippen LogP contribution in [0.3, 0.4) is 0 Å². The van der Waals surface area contributed by atoms with Crippen molar-refractivity contribution in [3.63, 3.8) is 0 Å². The smallest absolute Gasteiger partial charge is 0.180 e. The Morgan fingerprint density at radius 2 is 1.69 bits per heavy atom. The van der Waals surface area contributed by atoms with Crippen molar-refractivity contribution in [1.29, 1.82) is 0 Å². The van der Waals surface area contributed by atoms with E-state index in [2.05, 4.69) is 26.6 Å². The Hall–Kier alpha value is -3.78. The van der Waals surface area contributed by atoms with Crippen LogP contribution in [0.1, 0.15) is 16.8 Å². The van der Waals surface area contributed by atoms with Crippen LogP contribution in [-0.4, -0.2) is 29.6 Å². The Kier molecular flexibility index (Phi) is 5.07. The van der Waals surface area contributed by atoms with Gasteiger partial charge in [0.1, 0.15) is 5.54 Å². The number of nitrogens with zero attached hydrogens (tertiary/aromatic N) is 6. The molecule has 0 amide bonds. The number of pyridine rings is 1. The summed E-state index contributed by atoms with van der Waals surface area (Å²) in [6.07, 6.45) is 3.54. The average molecular weight is 500 g/mol. The molecule has 1 atom stereocenters. The summed E-state index contributed by atoms with van der Waals surface area (Å²) in [7, 11) is 1.93. The van der Waals surface area contributed by atoms with Crippen LogP contribution in [-0.2, 0) is 12.6 Å². The normalized spacial score (nSPS) is 13.4. The standard InChI is InChI=1S/C26H19Cl2N7/c1-34-15-30-14-24(34)26(29,17-5-8-19(27)9-6-17)18-7-10-23-22(12-18)21(13-25-31-32-33-35(23)25)16-3-2-4-20(28)11-16/h2-15H,29H2,1H3. The molecule has 0 fully saturated rings. The molecule has 1 unspecified atom stereocenters. The molecule has 172 valence electrons. The highest BCUT2D eigenvalue weighted by atomic mass is 35.5. The topological polar surface area (TPSA) is 86.9 Å². The molecule has 0 saturated heterocycles. The van der Waals surface area contributed by atoms with Gasteiger partial charge in [0, 0.05) is 22.5 Å². The number of hydrogen-bond donors (Lipinski definition) is 1. The number of rotatable bonds is 4. The summed E-state index contributed by atoms with van der Waals surface area (Å²) < 4.78 is 3.65. The summed E-state index contributed by atoms with van der Waals surface area (Å²) in [5.41, 5.74) is 12.3. The first kappa shape index (κ1) is 21.7. The van der Waals surface area contributed by atoms with Gasteiger partial charge in [0.2, 0.25) is 0 Å². The summed E-state index contributed by atoms with van der Waals surface area (Å²) in [5, 5.41) is 14.5. The predicted molar refractivity (Wildman–Crippen MR) is 137 cm³/mol. The molecule has 3 aromatic carbocycles. The van der Waals surface area contributed by atoms with Gasteiger partial charge in [0.15, 0.2) is 5.65 Å². The molecular formula is C26H19Cl2N7. The largest absolute Gasteiger partial charge is 0.336 e. The fourth-order valence-corrected chi connectivity index (χ4v) is 4.97. The van der Waals surface area contributed by atoms with Crippen LogP contribution in [0.25, 0.3) is 27.7 Å². The number of benzene rings is 3.